The number of hydrogen-bond acceptors (Lipinski definition) is 10. The van der Waals surface area contributed by atoms with Gasteiger partial charge in [-0.1, -0.05) is 72.8 Å². The van der Waals surface area contributed by atoms with Crippen molar-refractivity contribution in [2.45, 2.75) is 0 Å². The van der Waals surface area contributed by atoms with E-state index >= 15 is 0 Å². The van der Waals surface area contributed by atoms with Gasteiger partial charge in [0.25, 0.3) is 0 Å². The number of fused-ring (bicyclic) bond motifs is 20. The number of methoxy groups -OCH3 is 3. The van der Waals surface area contributed by atoms with Crippen LogP contribution in [-0.4, -0.2) is 89.7 Å². The Morgan fingerprint density at radius 1 is 0.509 bits per heavy atom. The van der Waals surface area contributed by atoms with Gasteiger partial charge in [0.2, 0.25) is 0 Å². The molecule has 9 rings (SSSR count). The fourth-order valence-electron chi connectivity index (χ4n) is 6.25. The molecule has 5 heterocycles. The van der Waals surface area contributed by atoms with Gasteiger partial charge in [0.15, 0.2) is 0 Å². The molecule has 284 valence electrons. The molecule has 0 spiro atoms. The summed E-state index contributed by atoms with van der Waals surface area (Å²) in [6.45, 7) is 0. The maximum atomic E-state index is 12.2. The van der Waals surface area contributed by atoms with E-state index in [0.29, 0.717) is 50.9 Å². The number of carbonyl (C=O) groups is 2. The summed E-state index contributed by atoms with van der Waals surface area (Å²) in [5.74, 6) is -0.962. The van der Waals surface area contributed by atoms with Crippen molar-refractivity contribution in [1.29, 1.82) is 0 Å². The zero-order valence-electron chi connectivity index (χ0n) is 32.3. The molecule has 0 fully saturated rings. The normalized spacial score (nSPS) is 10.7. The van der Waals surface area contributed by atoms with Gasteiger partial charge < -0.3 is 54.3 Å². The summed E-state index contributed by atoms with van der Waals surface area (Å²) in [7, 11) is 11.6. The van der Waals surface area contributed by atoms with Gasteiger partial charge in [-0.2, -0.15) is 0 Å². The molecule has 0 amide bonds. The molecule has 3 aromatic heterocycles. The molecule has 8 bridgehead atoms. The van der Waals surface area contributed by atoms with E-state index < -0.39 is 17.5 Å². The van der Waals surface area contributed by atoms with Gasteiger partial charge in [-0.25, -0.2) is 14.6 Å². The van der Waals surface area contributed by atoms with Crippen molar-refractivity contribution in [2.75, 3.05) is 42.7 Å². The Labute approximate surface area is 339 Å². The molecule has 4 aromatic carbocycles. The van der Waals surface area contributed by atoms with E-state index in [1.165, 1.54) is 12.1 Å². The predicted octanol–water partition coefficient (Wildman–Crippen LogP) is 5.74. The third kappa shape index (κ3) is 8.02. The molecule has 0 saturated carbocycles. The van der Waals surface area contributed by atoms with E-state index in [9.17, 15) is 19.8 Å². The molecule has 2 N–H and O–H groups in total. The number of hydrogen-bond donors (Lipinski definition) is 2. The van der Waals surface area contributed by atoms with Crippen molar-refractivity contribution in [2.24, 2.45) is 7.05 Å². The summed E-state index contributed by atoms with van der Waals surface area (Å²) in [6.07, 6.45) is 0. The minimum Gasteiger partial charge on any atom is -0.478 e. The monoisotopic (exact) mass is 817 g/mol. The number of carboxylic acids is 2. The molecule has 16 heteroatoms. The van der Waals surface area contributed by atoms with Crippen molar-refractivity contribution < 1.29 is 58.1 Å². The smallest absolute Gasteiger partial charge is 0.478 e. The number of benzene rings is 4. The quantitative estimate of drug-likeness (QED) is 0.158. The van der Waals surface area contributed by atoms with Crippen LogP contribution in [0.15, 0.2) is 84.9 Å². The van der Waals surface area contributed by atoms with Crippen LogP contribution in [0.4, 0.5) is 0 Å². The molecular formula is C41H37N8O7Zn+. The zero-order valence-corrected chi connectivity index (χ0v) is 35.3. The summed E-state index contributed by atoms with van der Waals surface area (Å²) in [5.41, 5.74) is 3.50. The predicted molar refractivity (Wildman–Crippen MR) is 210 cm³/mol. The van der Waals surface area contributed by atoms with Crippen LogP contribution >= 0.6 is 0 Å². The Bertz CT molecular complexity index is 2800. The molecule has 0 atom stereocenters. The summed E-state index contributed by atoms with van der Waals surface area (Å²) in [5, 5.41) is 22.1. The summed E-state index contributed by atoms with van der Waals surface area (Å²) in [6, 6.07) is 25.5. The van der Waals surface area contributed by atoms with Crippen LogP contribution < -0.4 is 14.5 Å². The van der Waals surface area contributed by atoms with Crippen molar-refractivity contribution in [3.05, 3.63) is 96.1 Å². The molecule has 57 heavy (non-hydrogen) atoms. The summed E-state index contributed by atoms with van der Waals surface area (Å²) < 4.78 is 14.6. The van der Waals surface area contributed by atoms with Gasteiger partial charge in [-0.15, -0.1) is 0 Å². The Morgan fingerprint density at radius 2 is 0.825 bits per heavy atom. The van der Waals surface area contributed by atoms with Crippen LogP contribution in [0.5, 0.6) is 0 Å². The first-order valence-electron chi connectivity index (χ1n) is 17.0. The van der Waals surface area contributed by atoms with E-state index in [1.807, 2.05) is 84.4 Å². The van der Waals surface area contributed by atoms with Crippen molar-refractivity contribution >= 4 is 56.1 Å². The van der Waals surface area contributed by atoms with Gasteiger partial charge in [0.05, 0.1) is 29.8 Å². The van der Waals surface area contributed by atoms with Gasteiger partial charge in [-0.05, 0) is 33.7 Å². The molecule has 0 radical (unpaired) electrons. The van der Waals surface area contributed by atoms with Gasteiger partial charge >= 0.3 is 31.4 Å². The van der Waals surface area contributed by atoms with Crippen LogP contribution in [0.3, 0.4) is 0 Å². The number of aromatic nitrogens is 8. The van der Waals surface area contributed by atoms with Crippen LogP contribution in [0, 0.1) is 0 Å². The second-order valence-corrected chi connectivity index (χ2v) is 12.3. The number of carboxylic acid groups (broad SMARTS) is 2. The van der Waals surface area contributed by atoms with Gasteiger partial charge in [-0.3, -0.25) is 4.57 Å². The van der Waals surface area contributed by atoms with Crippen LogP contribution in [-0.2, 0) is 40.7 Å². The minimum atomic E-state index is -1.39. The molecule has 7 aromatic rings. The standard InChI is InChI=1S/C35H20N8O4.3C2H6O.Zn/c1-43-32-20-12-6-7-13-21(20)33(43)42-31-23-15-25(35(46)47)24(34(44)45)14-22(23)30(40-31)39-28-17-9-3-2-8-16(17)26(37-28)36-27-18-10-4-5-11-19(18)29(38-27)41-32;3*1-3-2;/h2-15H,1H3,(H3,36,37,38,39,40,41,42,44,45,46,47);3*1-2H3;/q;;;;+2/p-1. The minimum absolute atomic E-state index is 0. The Morgan fingerprint density at radius 3 is 1.21 bits per heavy atom. The number of nitrogens with zero attached hydrogens (tertiary/aromatic N) is 8. The Kier molecular flexibility index (Phi) is 13.3. The molecule has 2 aliphatic heterocycles. The third-order valence-electron chi connectivity index (χ3n) is 8.44. The Balaban J connectivity index is 0.000000570. The van der Waals surface area contributed by atoms with Gasteiger partial charge in [0, 0.05) is 87.5 Å². The van der Waals surface area contributed by atoms with E-state index in [-0.39, 0.29) is 36.3 Å². The Hall–Kier alpha value is -6.32. The fourth-order valence-corrected chi connectivity index (χ4v) is 6.25. The average molecular weight is 819 g/mol. The molecule has 2 aliphatic rings. The average Bonchev–Trinajstić information content (AvgIpc) is 3.90. The second-order valence-electron chi connectivity index (χ2n) is 12.3. The van der Waals surface area contributed by atoms with Crippen molar-refractivity contribution in [3.8, 4) is 45.6 Å². The molecule has 0 saturated heterocycles. The maximum Gasteiger partial charge on any atom is 2.00 e. The zero-order chi connectivity index (χ0) is 40.1. The van der Waals surface area contributed by atoms with Crippen molar-refractivity contribution in [3.63, 3.8) is 0 Å². The largest absolute Gasteiger partial charge is 2.00 e. The summed E-state index contributed by atoms with van der Waals surface area (Å²) in [4.78, 5) is 58.5. The SMILES string of the molecule is COC.COC.COC.C[n+]1c2nc3[n-]c(nc4nc(nc5[n-]c(nc1-c1ccccc1-2)c1cc(C(=O)O)c(C(=O)O)cc51)-c1ccccc1-4)c1ccccc31.[Zn+2]. The molecule has 15 nitrogen and oxygen atoms in total. The number of ether oxygens (including phenoxy) is 3. The van der Waals surface area contributed by atoms with Crippen LogP contribution in [0.25, 0.3) is 89.7 Å². The number of aromatic carboxylic acids is 2. The van der Waals surface area contributed by atoms with Crippen molar-refractivity contribution in [1.82, 2.24) is 34.9 Å². The maximum absolute atomic E-state index is 12.2. The molecule has 0 unspecified atom stereocenters. The summed E-state index contributed by atoms with van der Waals surface area (Å²) >= 11 is 0. The van der Waals surface area contributed by atoms with Gasteiger partial charge in [0.1, 0.15) is 11.6 Å². The van der Waals surface area contributed by atoms with Crippen LogP contribution in [0.2, 0.25) is 0 Å². The van der Waals surface area contributed by atoms with E-state index in [4.69, 9.17) is 34.9 Å². The van der Waals surface area contributed by atoms with E-state index in [2.05, 4.69) is 14.2 Å². The first-order chi connectivity index (χ1) is 27.1. The van der Waals surface area contributed by atoms with E-state index in [0.717, 1.165) is 27.5 Å². The van der Waals surface area contributed by atoms with E-state index in [1.54, 1.807) is 42.7 Å². The fraction of sp³-hybridized carbons (Fsp3) is 0.171. The molecular weight excluding hydrogens is 782 g/mol. The third-order valence-corrected chi connectivity index (χ3v) is 8.44. The second kappa shape index (κ2) is 18.1. The topological polar surface area (TPSA) is 199 Å². The first-order valence-corrected chi connectivity index (χ1v) is 17.0. The first kappa shape index (κ1) is 41.8. The molecule has 0 aliphatic carbocycles. The van der Waals surface area contributed by atoms with Crippen LogP contribution in [0.1, 0.15) is 20.7 Å². The number of rotatable bonds is 2.